The Kier molecular flexibility index (Phi) is 6.39. The third-order valence-electron chi connectivity index (χ3n) is 5.66. The van der Waals surface area contributed by atoms with Gasteiger partial charge in [0.1, 0.15) is 5.75 Å². The van der Waals surface area contributed by atoms with Crippen LogP contribution in [0.1, 0.15) is 48.0 Å². The summed E-state index contributed by atoms with van der Waals surface area (Å²) in [5, 5.41) is 4.68. The summed E-state index contributed by atoms with van der Waals surface area (Å²) in [5.74, 6) is -0.0467. The second-order valence-corrected chi connectivity index (χ2v) is 7.78. The van der Waals surface area contributed by atoms with Gasteiger partial charge >= 0.3 is 6.03 Å². The Balaban J connectivity index is 0.000000290. The van der Waals surface area contributed by atoms with Crippen LogP contribution in [0.15, 0.2) is 18.2 Å². The van der Waals surface area contributed by atoms with E-state index in [0.29, 0.717) is 23.9 Å². The van der Waals surface area contributed by atoms with Gasteiger partial charge in [0.25, 0.3) is 11.8 Å². The summed E-state index contributed by atoms with van der Waals surface area (Å²) in [6.07, 6.45) is 6.66. The Morgan fingerprint density at radius 1 is 1.21 bits per heavy atom. The number of nitrogens with zero attached hydrogens (tertiary/aromatic N) is 1. The van der Waals surface area contributed by atoms with E-state index in [1.807, 2.05) is 0 Å². The second kappa shape index (κ2) is 8.79. The molecule has 1 saturated carbocycles. The first-order chi connectivity index (χ1) is 13.9. The standard InChI is InChI=1S/C14H16N4O4.C6H13N/c1-22-9-2-3-10-8(4-9)5-18(11(10)19)7-14(6-15)12(20)16-13(21)17-14;7-6-4-2-1-3-5-6/h2-4H,5-7,15H2,1H3,(H2,16,17,20,21);6H,1-5,7H2. The van der Waals surface area contributed by atoms with Crippen molar-refractivity contribution in [2.75, 3.05) is 20.2 Å². The highest BCUT2D eigenvalue weighted by molar-refractivity contribution is 6.08. The average molecular weight is 403 g/mol. The van der Waals surface area contributed by atoms with Crippen LogP contribution in [0.5, 0.6) is 5.75 Å². The van der Waals surface area contributed by atoms with Crippen LogP contribution >= 0.6 is 0 Å². The van der Waals surface area contributed by atoms with Crippen LogP contribution in [0.25, 0.3) is 0 Å². The molecule has 6 N–H and O–H groups in total. The number of benzene rings is 1. The molecule has 9 nitrogen and oxygen atoms in total. The number of hydrogen-bond donors (Lipinski definition) is 4. The van der Waals surface area contributed by atoms with Gasteiger partial charge in [0, 0.05) is 24.7 Å². The first kappa shape index (κ1) is 21.1. The summed E-state index contributed by atoms with van der Waals surface area (Å²) in [7, 11) is 1.55. The van der Waals surface area contributed by atoms with Crippen LogP contribution in [0, 0.1) is 0 Å². The molecule has 1 atom stereocenters. The summed E-state index contributed by atoms with van der Waals surface area (Å²) < 4.78 is 5.14. The first-order valence-corrected chi connectivity index (χ1v) is 9.94. The zero-order chi connectivity index (χ0) is 21.0. The fraction of sp³-hybridized carbons (Fsp3) is 0.550. The minimum absolute atomic E-state index is 0.0247. The van der Waals surface area contributed by atoms with Crippen molar-refractivity contribution >= 4 is 17.8 Å². The zero-order valence-corrected chi connectivity index (χ0v) is 16.7. The highest BCUT2D eigenvalue weighted by Gasteiger charge is 2.48. The maximum absolute atomic E-state index is 12.4. The van der Waals surface area contributed by atoms with Crippen molar-refractivity contribution in [2.45, 2.75) is 50.2 Å². The summed E-state index contributed by atoms with van der Waals surface area (Å²) >= 11 is 0. The van der Waals surface area contributed by atoms with Crippen LogP contribution in [0.2, 0.25) is 0 Å². The van der Waals surface area contributed by atoms with E-state index in [1.165, 1.54) is 37.0 Å². The van der Waals surface area contributed by atoms with Crippen molar-refractivity contribution < 1.29 is 19.1 Å². The van der Waals surface area contributed by atoms with Gasteiger partial charge in [-0.25, -0.2) is 4.79 Å². The van der Waals surface area contributed by atoms with Crippen molar-refractivity contribution in [3.8, 4) is 5.75 Å². The Morgan fingerprint density at radius 3 is 2.45 bits per heavy atom. The van der Waals surface area contributed by atoms with Gasteiger partial charge in [-0.3, -0.25) is 14.9 Å². The van der Waals surface area contributed by atoms with Gasteiger partial charge in [-0.15, -0.1) is 0 Å². The summed E-state index contributed by atoms with van der Waals surface area (Å²) in [5.41, 5.74) is 11.4. The van der Waals surface area contributed by atoms with Crippen LogP contribution in [0.4, 0.5) is 4.79 Å². The first-order valence-electron chi connectivity index (χ1n) is 9.94. The van der Waals surface area contributed by atoms with E-state index in [2.05, 4.69) is 10.6 Å². The lowest BCUT2D eigenvalue weighted by Gasteiger charge is -2.29. The maximum atomic E-state index is 12.4. The molecule has 0 aromatic heterocycles. The molecule has 29 heavy (non-hydrogen) atoms. The van der Waals surface area contributed by atoms with E-state index in [-0.39, 0.29) is 19.0 Å². The largest absolute Gasteiger partial charge is 0.497 e. The molecule has 1 saturated heterocycles. The van der Waals surface area contributed by atoms with Gasteiger partial charge in [-0.05, 0) is 36.6 Å². The van der Waals surface area contributed by atoms with Crippen molar-refractivity contribution in [1.82, 2.24) is 15.5 Å². The van der Waals surface area contributed by atoms with Gasteiger partial charge in [-0.1, -0.05) is 19.3 Å². The number of amides is 4. The van der Waals surface area contributed by atoms with Crippen molar-refractivity contribution in [2.24, 2.45) is 11.5 Å². The van der Waals surface area contributed by atoms with Gasteiger partial charge in [-0.2, -0.15) is 0 Å². The molecule has 2 heterocycles. The Hall–Kier alpha value is -2.65. The normalized spacial score (nSPS) is 23.8. The van der Waals surface area contributed by atoms with E-state index >= 15 is 0 Å². The van der Waals surface area contributed by atoms with Crippen LogP contribution in [-0.2, 0) is 11.3 Å². The number of imide groups is 1. The van der Waals surface area contributed by atoms with Crippen LogP contribution in [-0.4, -0.2) is 54.5 Å². The molecule has 9 heteroatoms. The lowest BCUT2D eigenvalue weighted by molar-refractivity contribution is -0.124. The maximum Gasteiger partial charge on any atom is 0.322 e. The zero-order valence-electron chi connectivity index (χ0n) is 16.7. The minimum atomic E-state index is -1.28. The molecule has 3 aliphatic rings. The number of hydrogen-bond acceptors (Lipinski definition) is 6. The SMILES string of the molecule is COc1ccc2c(c1)CN(CC1(CN)NC(=O)NC1=O)C2=O.NC1CCCCC1. The lowest BCUT2D eigenvalue weighted by atomic mass is 9.97. The van der Waals surface area contributed by atoms with E-state index in [9.17, 15) is 14.4 Å². The molecular weight excluding hydrogens is 374 g/mol. The van der Waals surface area contributed by atoms with Gasteiger partial charge in [0.15, 0.2) is 5.54 Å². The number of fused-ring (bicyclic) bond motifs is 1. The van der Waals surface area contributed by atoms with Crippen molar-refractivity contribution in [3.05, 3.63) is 29.3 Å². The smallest absolute Gasteiger partial charge is 0.322 e. The molecule has 158 valence electrons. The molecule has 0 radical (unpaired) electrons. The number of rotatable bonds is 4. The number of carbonyl (C=O) groups excluding carboxylic acids is 3. The lowest BCUT2D eigenvalue weighted by Crippen LogP contribution is -2.60. The average Bonchev–Trinajstić information content (AvgIpc) is 3.18. The molecule has 1 aromatic carbocycles. The van der Waals surface area contributed by atoms with Crippen LogP contribution in [0.3, 0.4) is 0 Å². The fourth-order valence-electron chi connectivity index (χ4n) is 3.92. The Morgan fingerprint density at radius 2 is 1.93 bits per heavy atom. The minimum Gasteiger partial charge on any atom is -0.497 e. The van der Waals surface area contributed by atoms with Crippen molar-refractivity contribution in [1.29, 1.82) is 0 Å². The van der Waals surface area contributed by atoms with Crippen molar-refractivity contribution in [3.63, 3.8) is 0 Å². The monoisotopic (exact) mass is 403 g/mol. The molecule has 0 bridgehead atoms. The number of ether oxygens (including phenoxy) is 1. The number of urea groups is 1. The molecule has 1 unspecified atom stereocenters. The Labute approximate surface area is 170 Å². The highest BCUT2D eigenvalue weighted by Crippen LogP contribution is 2.28. The predicted molar refractivity (Wildman–Crippen MR) is 107 cm³/mol. The van der Waals surface area contributed by atoms with Gasteiger partial charge in [0.05, 0.1) is 13.7 Å². The van der Waals surface area contributed by atoms with E-state index in [0.717, 1.165) is 5.56 Å². The molecule has 1 aromatic rings. The van der Waals surface area contributed by atoms with Gasteiger partial charge in [0.2, 0.25) is 0 Å². The second-order valence-electron chi connectivity index (χ2n) is 7.78. The predicted octanol–water partition coefficient (Wildman–Crippen LogP) is 0.466. The molecular formula is C20H29N5O4. The topological polar surface area (TPSA) is 140 Å². The van der Waals surface area contributed by atoms with E-state index in [1.54, 1.807) is 25.3 Å². The highest BCUT2D eigenvalue weighted by atomic mass is 16.5. The van der Waals surface area contributed by atoms with E-state index < -0.39 is 17.5 Å². The number of methoxy groups -OCH3 is 1. The molecule has 0 spiro atoms. The summed E-state index contributed by atoms with van der Waals surface area (Å²) in [6, 6.07) is 5.13. The Bertz CT molecular complexity index is 793. The molecule has 4 rings (SSSR count). The van der Waals surface area contributed by atoms with Crippen LogP contribution < -0.4 is 26.8 Å². The third-order valence-corrected chi connectivity index (χ3v) is 5.66. The van der Waals surface area contributed by atoms with E-state index in [4.69, 9.17) is 16.2 Å². The number of carbonyl (C=O) groups is 3. The molecule has 1 aliphatic carbocycles. The summed E-state index contributed by atoms with van der Waals surface area (Å²) in [6.45, 7) is 0.279. The number of nitrogens with one attached hydrogen (secondary N) is 2. The summed E-state index contributed by atoms with van der Waals surface area (Å²) in [4.78, 5) is 37.3. The molecule has 2 aliphatic heterocycles. The van der Waals surface area contributed by atoms with Gasteiger partial charge < -0.3 is 26.4 Å². The molecule has 2 fully saturated rings. The third kappa shape index (κ3) is 4.51. The quantitative estimate of drug-likeness (QED) is 0.539. The molecule has 4 amide bonds. The number of nitrogens with two attached hydrogens (primary N) is 2. The fourth-order valence-corrected chi connectivity index (χ4v) is 3.92.